The predicted molar refractivity (Wildman–Crippen MR) is 74.4 cm³/mol. The van der Waals surface area contributed by atoms with Crippen LogP contribution in [-0.4, -0.2) is 11.5 Å². The van der Waals surface area contributed by atoms with Gasteiger partial charge in [-0.3, -0.25) is 0 Å². The summed E-state index contributed by atoms with van der Waals surface area (Å²) in [5.41, 5.74) is 1.39. The average Bonchev–Trinajstić information content (AvgIpc) is 2.97. The number of hydrogen-bond donors (Lipinski definition) is 1. The largest absolute Gasteiger partial charge is 0.310 e. The molecule has 1 aromatic rings. The van der Waals surface area contributed by atoms with E-state index >= 15 is 0 Å². The van der Waals surface area contributed by atoms with Crippen LogP contribution in [0.5, 0.6) is 0 Å². The van der Waals surface area contributed by atoms with E-state index in [1.165, 1.54) is 23.5 Å². The van der Waals surface area contributed by atoms with Crippen LogP contribution in [0.4, 0.5) is 0 Å². The van der Waals surface area contributed by atoms with Gasteiger partial charge >= 0.3 is 0 Å². The zero-order chi connectivity index (χ0) is 12.5. The summed E-state index contributed by atoms with van der Waals surface area (Å²) in [7, 11) is 0. The zero-order valence-corrected chi connectivity index (χ0v) is 12.2. The highest BCUT2D eigenvalue weighted by molar-refractivity contribution is 7.09. The molecule has 2 rings (SSSR count). The molecular formula is C14H24N2S. The smallest absolute Gasteiger partial charge is 0.107 e. The predicted octanol–water partition coefficient (Wildman–Crippen LogP) is 3.58. The fourth-order valence-corrected chi connectivity index (χ4v) is 2.97. The summed E-state index contributed by atoms with van der Waals surface area (Å²) in [6, 6.07) is 0. The van der Waals surface area contributed by atoms with E-state index in [1.54, 1.807) is 11.3 Å². The van der Waals surface area contributed by atoms with Gasteiger partial charge in [-0.2, -0.15) is 0 Å². The Morgan fingerprint density at radius 1 is 1.47 bits per heavy atom. The Morgan fingerprint density at radius 2 is 2.18 bits per heavy atom. The molecule has 0 aliphatic heterocycles. The lowest BCUT2D eigenvalue weighted by molar-refractivity contribution is 0.460. The molecule has 1 unspecified atom stereocenters. The van der Waals surface area contributed by atoms with Crippen molar-refractivity contribution in [3.8, 4) is 0 Å². The monoisotopic (exact) mass is 252 g/mol. The van der Waals surface area contributed by atoms with E-state index in [-0.39, 0.29) is 5.41 Å². The van der Waals surface area contributed by atoms with E-state index < -0.39 is 0 Å². The molecule has 1 aliphatic rings. The molecule has 0 saturated heterocycles. The van der Waals surface area contributed by atoms with Crippen LogP contribution in [0.15, 0.2) is 5.38 Å². The van der Waals surface area contributed by atoms with Crippen LogP contribution in [0.2, 0.25) is 0 Å². The SMILES string of the molecule is CC(CNCc1nc(C(C)(C)C)cs1)C1CC1. The van der Waals surface area contributed by atoms with E-state index in [1.807, 2.05) is 0 Å². The quantitative estimate of drug-likeness (QED) is 0.866. The van der Waals surface area contributed by atoms with Crippen molar-refractivity contribution < 1.29 is 0 Å². The van der Waals surface area contributed by atoms with Gasteiger partial charge in [-0.25, -0.2) is 4.98 Å². The Balaban J connectivity index is 1.77. The lowest BCUT2D eigenvalue weighted by atomic mass is 9.93. The maximum Gasteiger partial charge on any atom is 0.107 e. The molecule has 0 spiro atoms. The van der Waals surface area contributed by atoms with Gasteiger partial charge in [0.25, 0.3) is 0 Å². The molecule has 1 aliphatic carbocycles. The van der Waals surface area contributed by atoms with Crippen LogP contribution in [0.1, 0.15) is 51.2 Å². The van der Waals surface area contributed by atoms with Crippen molar-refractivity contribution in [3.05, 3.63) is 16.1 Å². The topological polar surface area (TPSA) is 24.9 Å². The van der Waals surface area contributed by atoms with Crippen molar-refractivity contribution in [1.82, 2.24) is 10.3 Å². The number of aromatic nitrogens is 1. The van der Waals surface area contributed by atoms with Gasteiger partial charge in [0.15, 0.2) is 0 Å². The van der Waals surface area contributed by atoms with Crippen molar-refractivity contribution in [2.75, 3.05) is 6.54 Å². The minimum absolute atomic E-state index is 0.177. The van der Waals surface area contributed by atoms with Crippen molar-refractivity contribution >= 4 is 11.3 Å². The van der Waals surface area contributed by atoms with Crippen molar-refractivity contribution in [3.63, 3.8) is 0 Å². The fourth-order valence-electron chi connectivity index (χ4n) is 1.98. The minimum Gasteiger partial charge on any atom is -0.310 e. The molecule has 0 aromatic carbocycles. The lowest BCUT2D eigenvalue weighted by Gasteiger charge is -2.14. The van der Waals surface area contributed by atoms with Gasteiger partial charge in [0.05, 0.1) is 5.69 Å². The molecule has 1 saturated carbocycles. The Morgan fingerprint density at radius 3 is 2.71 bits per heavy atom. The summed E-state index contributed by atoms with van der Waals surface area (Å²) in [4.78, 5) is 4.69. The normalized spacial score (nSPS) is 18.4. The first-order valence-corrected chi connectivity index (χ1v) is 7.50. The third-order valence-corrected chi connectivity index (χ3v) is 4.34. The molecule has 0 amide bonds. The van der Waals surface area contributed by atoms with Crippen molar-refractivity contribution in [2.45, 2.75) is 52.5 Å². The van der Waals surface area contributed by atoms with E-state index in [0.29, 0.717) is 0 Å². The number of rotatable bonds is 5. The standard InChI is InChI=1S/C14H24N2S/c1-10(11-5-6-11)7-15-8-13-16-12(9-17-13)14(2,3)4/h9-11,15H,5-8H2,1-4H3. The fraction of sp³-hybridized carbons (Fsp3) is 0.786. The van der Waals surface area contributed by atoms with Gasteiger partial charge in [-0.05, 0) is 31.2 Å². The van der Waals surface area contributed by atoms with Crippen molar-refractivity contribution in [1.29, 1.82) is 0 Å². The summed E-state index contributed by atoms with van der Waals surface area (Å²) >= 11 is 1.78. The van der Waals surface area contributed by atoms with Crippen LogP contribution >= 0.6 is 11.3 Å². The summed E-state index contributed by atoms with van der Waals surface area (Å²) in [6.07, 6.45) is 2.88. The molecule has 1 fully saturated rings. The Labute approximate surface area is 109 Å². The Kier molecular flexibility index (Phi) is 3.88. The third-order valence-electron chi connectivity index (χ3n) is 3.49. The third kappa shape index (κ3) is 3.78. The van der Waals surface area contributed by atoms with Gasteiger partial charge in [0, 0.05) is 17.3 Å². The molecule has 96 valence electrons. The van der Waals surface area contributed by atoms with E-state index in [0.717, 1.165) is 24.9 Å². The molecule has 1 N–H and O–H groups in total. The molecular weight excluding hydrogens is 228 g/mol. The average molecular weight is 252 g/mol. The maximum absolute atomic E-state index is 4.69. The second-order valence-corrected chi connectivity index (χ2v) is 7.26. The Bertz CT molecular complexity index is 361. The Hall–Kier alpha value is -0.410. The summed E-state index contributed by atoms with van der Waals surface area (Å²) in [6.45, 7) is 11.1. The highest BCUT2D eigenvalue weighted by atomic mass is 32.1. The first kappa shape index (κ1) is 13.0. The molecule has 3 heteroatoms. The van der Waals surface area contributed by atoms with Crippen LogP contribution in [-0.2, 0) is 12.0 Å². The number of thiazole rings is 1. The first-order valence-electron chi connectivity index (χ1n) is 6.62. The molecule has 17 heavy (non-hydrogen) atoms. The van der Waals surface area contributed by atoms with Crippen LogP contribution in [0, 0.1) is 11.8 Å². The maximum atomic E-state index is 4.69. The van der Waals surface area contributed by atoms with E-state index in [4.69, 9.17) is 4.98 Å². The van der Waals surface area contributed by atoms with Crippen LogP contribution < -0.4 is 5.32 Å². The summed E-state index contributed by atoms with van der Waals surface area (Å²) < 4.78 is 0. The van der Waals surface area contributed by atoms with Gasteiger partial charge in [-0.15, -0.1) is 11.3 Å². The van der Waals surface area contributed by atoms with Gasteiger partial charge in [-0.1, -0.05) is 27.7 Å². The lowest BCUT2D eigenvalue weighted by Crippen LogP contribution is -2.22. The zero-order valence-electron chi connectivity index (χ0n) is 11.4. The summed E-state index contributed by atoms with van der Waals surface area (Å²) in [5.74, 6) is 1.82. The second kappa shape index (κ2) is 5.07. The molecule has 0 radical (unpaired) electrons. The first-order chi connectivity index (χ1) is 7.97. The van der Waals surface area contributed by atoms with E-state index in [2.05, 4.69) is 38.4 Å². The minimum atomic E-state index is 0.177. The molecule has 2 nitrogen and oxygen atoms in total. The van der Waals surface area contributed by atoms with Gasteiger partial charge < -0.3 is 5.32 Å². The van der Waals surface area contributed by atoms with Gasteiger partial charge in [0.1, 0.15) is 5.01 Å². The van der Waals surface area contributed by atoms with Gasteiger partial charge in [0.2, 0.25) is 0 Å². The second-order valence-electron chi connectivity index (χ2n) is 6.32. The van der Waals surface area contributed by atoms with Crippen LogP contribution in [0.25, 0.3) is 0 Å². The van der Waals surface area contributed by atoms with Crippen LogP contribution in [0.3, 0.4) is 0 Å². The molecule has 1 atom stereocenters. The summed E-state index contributed by atoms with van der Waals surface area (Å²) in [5, 5.41) is 6.95. The number of nitrogens with zero attached hydrogens (tertiary/aromatic N) is 1. The number of nitrogens with one attached hydrogen (secondary N) is 1. The van der Waals surface area contributed by atoms with Crippen molar-refractivity contribution in [2.24, 2.45) is 11.8 Å². The molecule has 1 heterocycles. The molecule has 0 bridgehead atoms. The van der Waals surface area contributed by atoms with E-state index in [9.17, 15) is 0 Å². The highest BCUT2D eigenvalue weighted by Crippen LogP contribution is 2.36. The number of hydrogen-bond acceptors (Lipinski definition) is 3. The molecule has 1 aromatic heterocycles. The highest BCUT2D eigenvalue weighted by Gasteiger charge is 2.27.